The number of hydrogen-bond acceptors (Lipinski definition) is 6. The summed E-state index contributed by atoms with van der Waals surface area (Å²) < 4.78 is 0. The lowest BCUT2D eigenvalue weighted by atomic mass is 10.0. The molecule has 0 saturated heterocycles. The maximum atomic E-state index is 12.4. The van der Waals surface area contributed by atoms with E-state index < -0.39 is 47.9 Å². The molecule has 0 aliphatic rings. The molecule has 0 saturated carbocycles. The van der Waals surface area contributed by atoms with Crippen LogP contribution in [0, 0.1) is 5.92 Å². The number of carbonyl (C=O) groups is 4. The van der Waals surface area contributed by atoms with Gasteiger partial charge >= 0.3 is 5.97 Å². The Morgan fingerprint density at radius 1 is 0.857 bits per heavy atom. The largest absolute Gasteiger partial charge is 0.480 e. The van der Waals surface area contributed by atoms with Crippen molar-refractivity contribution in [2.24, 2.45) is 17.4 Å². The van der Waals surface area contributed by atoms with Crippen LogP contribution in [0.3, 0.4) is 0 Å². The average Bonchev–Trinajstić information content (AvgIpc) is 2.59. The van der Waals surface area contributed by atoms with Crippen LogP contribution in [0.4, 0.5) is 0 Å². The zero-order valence-corrected chi connectivity index (χ0v) is 17.2. The van der Waals surface area contributed by atoms with Gasteiger partial charge in [0.25, 0.3) is 0 Å². The van der Waals surface area contributed by atoms with E-state index in [0.717, 1.165) is 0 Å². The zero-order valence-electron chi connectivity index (χ0n) is 17.2. The fraction of sp³-hybridized carbons (Fsp3) is 0.778. The van der Waals surface area contributed by atoms with Gasteiger partial charge in [-0.3, -0.25) is 19.2 Å². The number of unbranched alkanes of at least 4 members (excludes halogenated alkanes) is 1. The molecule has 0 aliphatic carbocycles. The summed E-state index contributed by atoms with van der Waals surface area (Å²) >= 11 is 0. The quantitative estimate of drug-likeness (QED) is 0.216. The van der Waals surface area contributed by atoms with Gasteiger partial charge in [-0.25, -0.2) is 0 Å². The number of nitrogens with two attached hydrogens (primary N) is 2. The molecule has 8 N–H and O–H groups in total. The molecule has 0 fully saturated rings. The number of rotatable bonds is 13. The van der Waals surface area contributed by atoms with Gasteiger partial charge in [0, 0.05) is 0 Å². The molecule has 3 amide bonds. The molecule has 0 rings (SSSR count). The predicted molar refractivity (Wildman–Crippen MR) is 105 cm³/mol. The molecule has 0 bridgehead atoms. The molecule has 10 heteroatoms. The lowest BCUT2D eigenvalue weighted by molar-refractivity contribution is -0.141. The van der Waals surface area contributed by atoms with Gasteiger partial charge in [-0.1, -0.05) is 13.8 Å². The van der Waals surface area contributed by atoms with Crippen molar-refractivity contribution in [1.82, 2.24) is 16.0 Å². The van der Waals surface area contributed by atoms with Crippen molar-refractivity contribution in [1.29, 1.82) is 0 Å². The second-order valence-electron chi connectivity index (χ2n) is 7.38. The Morgan fingerprint density at radius 3 is 1.93 bits per heavy atom. The van der Waals surface area contributed by atoms with Crippen LogP contribution in [-0.2, 0) is 19.2 Å². The summed E-state index contributed by atoms with van der Waals surface area (Å²) in [6.07, 6.45) is 2.02. The molecule has 10 nitrogen and oxygen atoms in total. The SMILES string of the molecule is CC(C)CC(N)C(=O)NC(C)C(=O)NC(CCCCN)C(=O)NC(C)C(=O)O. The molecule has 4 unspecified atom stereocenters. The van der Waals surface area contributed by atoms with Crippen molar-refractivity contribution in [2.45, 2.75) is 77.5 Å². The molecule has 0 heterocycles. The van der Waals surface area contributed by atoms with Crippen molar-refractivity contribution in [3.05, 3.63) is 0 Å². The normalized spacial score (nSPS) is 15.2. The molecule has 28 heavy (non-hydrogen) atoms. The average molecular weight is 402 g/mol. The number of aliphatic carboxylic acids is 1. The van der Waals surface area contributed by atoms with E-state index in [0.29, 0.717) is 32.2 Å². The van der Waals surface area contributed by atoms with Crippen molar-refractivity contribution >= 4 is 23.7 Å². The number of hydrogen-bond donors (Lipinski definition) is 6. The van der Waals surface area contributed by atoms with Gasteiger partial charge < -0.3 is 32.5 Å². The Labute approximate surface area is 166 Å². The molecule has 0 aromatic heterocycles. The Hall–Kier alpha value is -2.20. The third-order valence-electron chi connectivity index (χ3n) is 4.12. The smallest absolute Gasteiger partial charge is 0.325 e. The fourth-order valence-corrected chi connectivity index (χ4v) is 2.43. The first-order valence-electron chi connectivity index (χ1n) is 9.59. The minimum Gasteiger partial charge on any atom is -0.480 e. The van der Waals surface area contributed by atoms with Crippen LogP contribution in [0.2, 0.25) is 0 Å². The van der Waals surface area contributed by atoms with Crippen molar-refractivity contribution in [3.63, 3.8) is 0 Å². The zero-order chi connectivity index (χ0) is 21.9. The molecule has 0 aromatic rings. The van der Waals surface area contributed by atoms with Gasteiger partial charge in [-0.15, -0.1) is 0 Å². The first-order chi connectivity index (χ1) is 13.0. The van der Waals surface area contributed by atoms with E-state index in [9.17, 15) is 19.2 Å². The Kier molecular flexibility index (Phi) is 12.0. The number of nitrogens with one attached hydrogen (secondary N) is 3. The van der Waals surface area contributed by atoms with Crippen LogP contribution in [0.15, 0.2) is 0 Å². The van der Waals surface area contributed by atoms with E-state index in [1.807, 2.05) is 13.8 Å². The van der Waals surface area contributed by atoms with Gasteiger partial charge in [0.2, 0.25) is 17.7 Å². The summed E-state index contributed by atoms with van der Waals surface area (Å²) in [6.45, 7) is 7.13. The third kappa shape index (κ3) is 10.2. The highest BCUT2D eigenvalue weighted by Gasteiger charge is 2.27. The highest BCUT2D eigenvalue weighted by Crippen LogP contribution is 2.04. The van der Waals surface area contributed by atoms with Gasteiger partial charge in [0.05, 0.1) is 6.04 Å². The first-order valence-corrected chi connectivity index (χ1v) is 9.59. The van der Waals surface area contributed by atoms with Gasteiger partial charge in [0.1, 0.15) is 18.1 Å². The van der Waals surface area contributed by atoms with Crippen LogP contribution in [0.5, 0.6) is 0 Å². The summed E-state index contributed by atoms with van der Waals surface area (Å²) in [7, 11) is 0. The first kappa shape index (κ1) is 25.8. The van der Waals surface area contributed by atoms with Crippen molar-refractivity contribution in [2.75, 3.05) is 6.54 Å². The highest BCUT2D eigenvalue weighted by atomic mass is 16.4. The molecule has 0 aromatic carbocycles. The summed E-state index contributed by atoms with van der Waals surface area (Å²) in [5.41, 5.74) is 11.3. The molecular weight excluding hydrogens is 366 g/mol. The van der Waals surface area contributed by atoms with Crippen LogP contribution in [0.25, 0.3) is 0 Å². The van der Waals surface area contributed by atoms with Crippen LogP contribution >= 0.6 is 0 Å². The fourth-order valence-electron chi connectivity index (χ4n) is 2.43. The lowest BCUT2D eigenvalue weighted by Gasteiger charge is -2.23. The van der Waals surface area contributed by atoms with E-state index >= 15 is 0 Å². The molecule has 162 valence electrons. The van der Waals surface area contributed by atoms with E-state index in [1.165, 1.54) is 13.8 Å². The Balaban J connectivity index is 4.89. The summed E-state index contributed by atoms with van der Waals surface area (Å²) in [5.74, 6) is -2.55. The number of amides is 3. The third-order valence-corrected chi connectivity index (χ3v) is 4.12. The van der Waals surface area contributed by atoms with Gasteiger partial charge in [-0.2, -0.15) is 0 Å². The molecular formula is C18H35N5O5. The summed E-state index contributed by atoms with van der Waals surface area (Å²) in [6, 6.07) is -3.64. The highest BCUT2D eigenvalue weighted by molar-refractivity contribution is 5.93. The second-order valence-corrected chi connectivity index (χ2v) is 7.38. The van der Waals surface area contributed by atoms with Crippen LogP contribution < -0.4 is 27.4 Å². The van der Waals surface area contributed by atoms with Gasteiger partial charge in [0.15, 0.2) is 0 Å². The Morgan fingerprint density at radius 2 is 1.43 bits per heavy atom. The van der Waals surface area contributed by atoms with Crippen LogP contribution in [0.1, 0.15) is 53.4 Å². The van der Waals surface area contributed by atoms with E-state index in [1.54, 1.807) is 0 Å². The number of carboxylic acids is 1. The molecule has 0 spiro atoms. The standard InChI is InChI=1S/C18H35N5O5/c1-10(2)9-13(20)16(25)21-11(3)15(24)23-14(7-5-6-8-19)17(26)22-12(4)18(27)28/h10-14H,5-9,19-20H2,1-4H3,(H,21,25)(H,22,26)(H,23,24)(H,27,28). The number of carboxylic acid groups (broad SMARTS) is 1. The van der Waals surface area contributed by atoms with Crippen LogP contribution in [-0.4, -0.2) is 59.5 Å². The van der Waals surface area contributed by atoms with E-state index in [4.69, 9.17) is 16.6 Å². The molecule has 4 atom stereocenters. The topological polar surface area (TPSA) is 177 Å². The van der Waals surface area contributed by atoms with Gasteiger partial charge in [-0.05, 0) is 52.0 Å². The monoisotopic (exact) mass is 401 g/mol. The summed E-state index contributed by atoms with van der Waals surface area (Å²) in [4.78, 5) is 47.7. The van der Waals surface area contributed by atoms with Crippen molar-refractivity contribution < 1.29 is 24.3 Å². The molecule has 0 aliphatic heterocycles. The number of carbonyl (C=O) groups excluding carboxylic acids is 3. The summed E-state index contributed by atoms with van der Waals surface area (Å²) in [5, 5.41) is 16.4. The predicted octanol–water partition coefficient (Wildman–Crippen LogP) is -0.932. The lowest BCUT2D eigenvalue weighted by Crippen LogP contribution is -2.56. The second kappa shape index (κ2) is 13.1. The van der Waals surface area contributed by atoms with Crippen molar-refractivity contribution in [3.8, 4) is 0 Å². The maximum absolute atomic E-state index is 12.4. The maximum Gasteiger partial charge on any atom is 0.325 e. The molecule has 0 radical (unpaired) electrons. The minimum atomic E-state index is -1.18. The van der Waals surface area contributed by atoms with E-state index in [2.05, 4.69) is 16.0 Å². The minimum absolute atomic E-state index is 0.233. The Bertz CT molecular complexity index is 540. The van der Waals surface area contributed by atoms with E-state index in [-0.39, 0.29) is 5.92 Å².